The number of urea groups is 1. The minimum Gasteiger partial charge on any atom is -0.334 e. The maximum absolute atomic E-state index is 13.6. The lowest BCUT2D eigenvalue weighted by molar-refractivity contribution is -0.192. The normalized spacial score (nSPS) is 24.4. The Morgan fingerprint density at radius 2 is 1.82 bits per heavy atom. The fraction of sp³-hybridized carbons (Fsp3) is 0.640. The van der Waals surface area contributed by atoms with Crippen molar-refractivity contribution in [1.29, 1.82) is 0 Å². The van der Waals surface area contributed by atoms with Gasteiger partial charge in [0.1, 0.15) is 12.2 Å². The first kappa shape index (κ1) is 23.5. The van der Waals surface area contributed by atoms with Crippen LogP contribution in [-0.2, 0) is 16.1 Å². The van der Waals surface area contributed by atoms with Crippen molar-refractivity contribution < 1.29 is 14.4 Å². The molecule has 0 spiro atoms. The fourth-order valence-electron chi connectivity index (χ4n) is 5.50. The molecule has 0 radical (unpaired) electrons. The quantitative estimate of drug-likeness (QED) is 0.686. The van der Waals surface area contributed by atoms with Crippen LogP contribution in [-0.4, -0.2) is 75.5 Å². The van der Waals surface area contributed by atoms with Gasteiger partial charge in [0.15, 0.2) is 0 Å². The third-order valence-corrected chi connectivity index (χ3v) is 7.23. The fourth-order valence-corrected chi connectivity index (χ4v) is 5.50. The van der Waals surface area contributed by atoms with Gasteiger partial charge < -0.3 is 15.1 Å². The van der Waals surface area contributed by atoms with Crippen LogP contribution >= 0.6 is 0 Å². The number of hydrogen-bond donors (Lipinski definition) is 1. The Morgan fingerprint density at radius 3 is 2.48 bits per heavy atom. The van der Waals surface area contributed by atoms with Gasteiger partial charge in [-0.2, -0.15) is 0 Å². The van der Waals surface area contributed by atoms with Gasteiger partial charge in [-0.3, -0.25) is 9.59 Å². The number of hydrogen-bond acceptors (Lipinski definition) is 4. The van der Waals surface area contributed by atoms with Gasteiger partial charge in [0.05, 0.1) is 13.1 Å². The van der Waals surface area contributed by atoms with E-state index in [0.717, 1.165) is 44.1 Å². The number of nitrogens with zero attached hydrogens (tertiary/aromatic N) is 4. The summed E-state index contributed by atoms with van der Waals surface area (Å²) in [6.45, 7) is 5.51. The van der Waals surface area contributed by atoms with Crippen molar-refractivity contribution in [2.75, 3.05) is 19.6 Å². The van der Waals surface area contributed by atoms with E-state index in [0.29, 0.717) is 26.1 Å². The summed E-state index contributed by atoms with van der Waals surface area (Å²) in [7, 11) is 0. The number of hydrazine groups is 1. The second-order valence-electron chi connectivity index (χ2n) is 9.34. The summed E-state index contributed by atoms with van der Waals surface area (Å²) in [6.07, 6.45) is 6.28. The number of carbonyl (C=O) groups excluding carboxylic acids is 3. The molecule has 33 heavy (non-hydrogen) atoms. The molecule has 2 heterocycles. The van der Waals surface area contributed by atoms with Crippen LogP contribution in [0.4, 0.5) is 4.79 Å². The van der Waals surface area contributed by atoms with Gasteiger partial charge in [-0.15, -0.1) is 0 Å². The highest BCUT2D eigenvalue weighted by molar-refractivity contribution is 5.91. The van der Waals surface area contributed by atoms with E-state index >= 15 is 0 Å². The zero-order chi connectivity index (χ0) is 23.4. The molecule has 1 N–H and O–H groups in total. The molecule has 0 bridgehead atoms. The van der Waals surface area contributed by atoms with Gasteiger partial charge in [0, 0.05) is 19.1 Å². The first-order valence-electron chi connectivity index (χ1n) is 12.5. The highest BCUT2D eigenvalue weighted by atomic mass is 16.2. The molecule has 2 aliphatic heterocycles. The molecule has 4 rings (SSSR count). The molecule has 3 fully saturated rings. The van der Waals surface area contributed by atoms with Crippen molar-refractivity contribution >= 4 is 17.8 Å². The van der Waals surface area contributed by atoms with Gasteiger partial charge in [0.2, 0.25) is 11.8 Å². The minimum atomic E-state index is -0.486. The van der Waals surface area contributed by atoms with Crippen LogP contribution in [0, 0.1) is 0 Å². The van der Waals surface area contributed by atoms with Crippen molar-refractivity contribution in [3.05, 3.63) is 35.9 Å². The molecule has 8 nitrogen and oxygen atoms in total. The van der Waals surface area contributed by atoms with Gasteiger partial charge in [0.25, 0.3) is 0 Å². The van der Waals surface area contributed by atoms with Gasteiger partial charge >= 0.3 is 6.03 Å². The summed E-state index contributed by atoms with van der Waals surface area (Å²) >= 11 is 0. The van der Waals surface area contributed by atoms with Gasteiger partial charge in [-0.05, 0) is 24.8 Å². The Kier molecular flexibility index (Phi) is 7.53. The summed E-state index contributed by atoms with van der Waals surface area (Å²) in [4.78, 5) is 44.0. The molecule has 4 amide bonds. The minimum absolute atomic E-state index is 0.0607. The number of likely N-dealkylation sites (N-methyl/N-ethyl adjacent to an activating group) is 1. The zero-order valence-corrected chi connectivity index (χ0v) is 19.9. The second kappa shape index (κ2) is 10.5. The van der Waals surface area contributed by atoms with Crippen molar-refractivity contribution in [2.45, 2.75) is 83.6 Å². The monoisotopic (exact) mass is 455 g/mol. The van der Waals surface area contributed by atoms with Crippen LogP contribution in [0.3, 0.4) is 0 Å². The lowest BCUT2D eigenvalue weighted by Crippen LogP contribution is -2.77. The summed E-state index contributed by atoms with van der Waals surface area (Å²) in [6, 6.07) is 9.31. The topological polar surface area (TPSA) is 76.2 Å². The Balaban J connectivity index is 1.61. The van der Waals surface area contributed by atoms with Crippen LogP contribution in [0.1, 0.15) is 64.4 Å². The second-order valence-corrected chi connectivity index (χ2v) is 9.34. The number of rotatable bonds is 7. The predicted molar refractivity (Wildman–Crippen MR) is 126 cm³/mol. The highest BCUT2D eigenvalue weighted by Crippen LogP contribution is 2.33. The first-order valence-corrected chi connectivity index (χ1v) is 12.5. The van der Waals surface area contributed by atoms with E-state index in [9.17, 15) is 14.4 Å². The SMILES string of the molecule is CCCC[C@H]1C(=O)N(C2CCCC2)C[C@H]2N1C(=O)CN(CC)N2C(=O)NCc1ccccc1. The maximum Gasteiger partial charge on any atom is 0.334 e. The van der Waals surface area contributed by atoms with Crippen molar-refractivity contribution in [2.24, 2.45) is 0 Å². The summed E-state index contributed by atoms with van der Waals surface area (Å²) in [5.41, 5.74) is 1.02. The molecule has 8 heteroatoms. The van der Waals surface area contributed by atoms with Crippen molar-refractivity contribution in [3.8, 4) is 0 Å². The molecule has 1 saturated carbocycles. The molecule has 0 aromatic heterocycles. The number of amides is 4. The van der Waals surface area contributed by atoms with E-state index in [4.69, 9.17) is 0 Å². The number of piperazine rings is 1. The Morgan fingerprint density at radius 1 is 1.09 bits per heavy atom. The number of unbranched alkanes of at least 4 members (excludes halogenated alkanes) is 1. The Labute approximate surface area is 196 Å². The third-order valence-electron chi connectivity index (χ3n) is 7.23. The number of fused-ring (bicyclic) bond motifs is 1. The molecule has 1 aliphatic carbocycles. The summed E-state index contributed by atoms with van der Waals surface area (Å²) < 4.78 is 0. The van der Waals surface area contributed by atoms with E-state index < -0.39 is 12.2 Å². The average Bonchev–Trinajstić information content (AvgIpc) is 3.37. The molecule has 2 saturated heterocycles. The maximum atomic E-state index is 13.6. The van der Waals surface area contributed by atoms with E-state index in [1.807, 2.05) is 47.2 Å². The van der Waals surface area contributed by atoms with Gasteiger partial charge in [-0.25, -0.2) is 14.8 Å². The first-order chi connectivity index (χ1) is 16.0. The van der Waals surface area contributed by atoms with Crippen LogP contribution in [0.5, 0.6) is 0 Å². The third kappa shape index (κ3) is 4.86. The molecule has 1 aromatic rings. The smallest absolute Gasteiger partial charge is 0.334 e. The zero-order valence-electron chi connectivity index (χ0n) is 19.9. The molecular formula is C25H37N5O3. The Bertz CT molecular complexity index is 842. The molecule has 2 atom stereocenters. The lowest BCUT2D eigenvalue weighted by Gasteiger charge is -2.56. The number of carbonyl (C=O) groups is 3. The Hall–Kier alpha value is -2.61. The van der Waals surface area contributed by atoms with E-state index in [1.165, 1.54) is 0 Å². The molecule has 0 unspecified atom stereocenters. The number of nitrogens with one attached hydrogen (secondary N) is 1. The average molecular weight is 456 g/mol. The predicted octanol–water partition coefficient (Wildman–Crippen LogP) is 2.95. The van der Waals surface area contributed by atoms with E-state index in [1.54, 1.807) is 9.91 Å². The lowest BCUT2D eigenvalue weighted by atomic mass is 9.99. The summed E-state index contributed by atoms with van der Waals surface area (Å²) in [5, 5.41) is 6.57. The molecule has 3 aliphatic rings. The molecular weight excluding hydrogens is 418 g/mol. The van der Waals surface area contributed by atoms with E-state index in [-0.39, 0.29) is 30.4 Å². The van der Waals surface area contributed by atoms with Crippen molar-refractivity contribution in [3.63, 3.8) is 0 Å². The standard InChI is InChI=1S/C25H37N5O3/c1-3-5-15-21-24(32)28(20-13-9-10-14-20)17-22-29(21)23(31)18-27(4-2)30(22)25(33)26-16-19-11-7-6-8-12-19/h6-8,11-12,20-22H,3-5,9-10,13-18H2,1-2H3,(H,26,33)/t21-,22-/m0/s1. The van der Waals surface area contributed by atoms with E-state index in [2.05, 4.69) is 12.2 Å². The number of benzene rings is 1. The van der Waals surface area contributed by atoms with Crippen LogP contribution in [0.2, 0.25) is 0 Å². The largest absolute Gasteiger partial charge is 0.334 e. The summed E-state index contributed by atoms with van der Waals surface area (Å²) in [5.74, 6) is 0.00373. The molecule has 180 valence electrons. The van der Waals surface area contributed by atoms with Crippen molar-refractivity contribution in [1.82, 2.24) is 25.1 Å². The molecule has 1 aromatic carbocycles. The van der Waals surface area contributed by atoms with Crippen LogP contribution in [0.25, 0.3) is 0 Å². The highest BCUT2D eigenvalue weighted by Gasteiger charge is 2.52. The van der Waals surface area contributed by atoms with Crippen LogP contribution < -0.4 is 5.32 Å². The van der Waals surface area contributed by atoms with Gasteiger partial charge in [-0.1, -0.05) is 69.9 Å². The van der Waals surface area contributed by atoms with Crippen LogP contribution in [0.15, 0.2) is 30.3 Å².